The van der Waals surface area contributed by atoms with E-state index in [0.29, 0.717) is 0 Å². The van der Waals surface area contributed by atoms with Gasteiger partial charge >= 0.3 is 11.9 Å². The predicted molar refractivity (Wildman–Crippen MR) is 87.2 cm³/mol. The second-order valence-corrected chi connectivity index (χ2v) is 4.87. The first-order chi connectivity index (χ1) is 10.9. The van der Waals surface area contributed by atoms with Crippen molar-refractivity contribution in [1.82, 2.24) is 0 Å². The van der Waals surface area contributed by atoms with Crippen molar-refractivity contribution in [2.45, 2.75) is 33.3 Å². The van der Waals surface area contributed by atoms with E-state index in [1.165, 1.54) is 0 Å². The quantitative estimate of drug-likeness (QED) is 0.581. The van der Waals surface area contributed by atoms with Crippen LogP contribution < -0.4 is 4.90 Å². The fourth-order valence-electron chi connectivity index (χ4n) is 2.29. The summed E-state index contributed by atoms with van der Waals surface area (Å²) in [5.41, 5.74) is -1.38. The summed E-state index contributed by atoms with van der Waals surface area (Å²) in [6, 6.07) is 6.60. The van der Waals surface area contributed by atoms with E-state index in [0.717, 1.165) is 18.8 Å². The molecular formula is C17H25NO5. The molecule has 0 aliphatic rings. The molecule has 23 heavy (non-hydrogen) atoms. The molecule has 0 aliphatic heterocycles. The first kappa shape index (κ1) is 19.0. The highest BCUT2D eigenvalue weighted by Gasteiger charge is 2.49. The summed E-state index contributed by atoms with van der Waals surface area (Å²) in [6.07, 6.45) is 0. The summed E-state index contributed by atoms with van der Waals surface area (Å²) in [4.78, 5) is 26.4. The van der Waals surface area contributed by atoms with Crippen molar-refractivity contribution >= 4 is 17.6 Å². The molecule has 0 saturated carbocycles. The first-order valence-electron chi connectivity index (χ1n) is 7.87. The van der Waals surface area contributed by atoms with Gasteiger partial charge < -0.3 is 19.5 Å². The van der Waals surface area contributed by atoms with Crippen molar-refractivity contribution in [2.75, 3.05) is 31.2 Å². The van der Waals surface area contributed by atoms with Crippen molar-refractivity contribution in [1.29, 1.82) is 0 Å². The van der Waals surface area contributed by atoms with Crippen LogP contribution in [0.2, 0.25) is 0 Å². The molecule has 0 saturated heterocycles. The maximum absolute atomic E-state index is 12.1. The highest BCUT2D eigenvalue weighted by atomic mass is 16.6. The summed E-state index contributed by atoms with van der Waals surface area (Å²) in [5, 5.41) is 10.7. The van der Waals surface area contributed by atoms with Crippen LogP contribution in [0.3, 0.4) is 0 Å². The van der Waals surface area contributed by atoms with Crippen molar-refractivity contribution < 1.29 is 24.2 Å². The Bertz CT molecular complexity index is 504. The number of nitrogens with zero attached hydrogens (tertiary/aromatic N) is 1. The van der Waals surface area contributed by atoms with E-state index in [2.05, 4.69) is 4.90 Å². The molecule has 0 aliphatic carbocycles. The Hall–Kier alpha value is -2.08. The zero-order chi connectivity index (χ0) is 17.5. The Morgan fingerprint density at radius 1 is 0.957 bits per heavy atom. The highest BCUT2D eigenvalue weighted by Crippen LogP contribution is 2.27. The van der Waals surface area contributed by atoms with Crippen molar-refractivity contribution in [3.8, 4) is 0 Å². The Morgan fingerprint density at radius 2 is 1.39 bits per heavy atom. The van der Waals surface area contributed by atoms with Gasteiger partial charge in [-0.1, -0.05) is 12.1 Å². The lowest BCUT2D eigenvalue weighted by Gasteiger charge is -2.25. The van der Waals surface area contributed by atoms with Crippen LogP contribution >= 0.6 is 0 Å². The van der Waals surface area contributed by atoms with Crippen LogP contribution in [0, 0.1) is 0 Å². The average Bonchev–Trinajstić information content (AvgIpc) is 2.56. The van der Waals surface area contributed by atoms with E-state index < -0.39 is 17.5 Å². The summed E-state index contributed by atoms with van der Waals surface area (Å²) >= 11 is 0. The number of hydrogen-bond acceptors (Lipinski definition) is 6. The fourth-order valence-corrected chi connectivity index (χ4v) is 2.29. The lowest BCUT2D eigenvalue weighted by Crippen LogP contribution is -2.46. The van der Waals surface area contributed by atoms with E-state index >= 15 is 0 Å². The van der Waals surface area contributed by atoms with Crippen LogP contribution in [-0.4, -0.2) is 43.3 Å². The third kappa shape index (κ3) is 4.01. The number of anilines is 1. The number of ether oxygens (including phenoxy) is 2. The molecule has 0 bridgehead atoms. The smallest absolute Gasteiger partial charge is 0.354 e. The first-order valence-corrected chi connectivity index (χ1v) is 7.87. The van der Waals surface area contributed by atoms with Gasteiger partial charge in [-0.2, -0.15) is 0 Å². The summed E-state index contributed by atoms with van der Waals surface area (Å²) < 4.78 is 9.70. The molecule has 0 spiro atoms. The molecule has 0 unspecified atom stereocenters. The second-order valence-electron chi connectivity index (χ2n) is 4.87. The van der Waals surface area contributed by atoms with E-state index in [1.54, 1.807) is 38.1 Å². The molecule has 128 valence electrons. The zero-order valence-corrected chi connectivity index (χ0v) is 14.2. The van der Waals surface area contributed by atoms with Gasteiger partial charge in [-0.05, 0) is 39.8 Å². The van der Waals surface area contributed by atoms with Gasteiger partial charge in [0.25, 0.3) is 5.60 Å². The average molecular weight is 323 g/mol. The molecule has 1 N–H and O–H groups in total. The number of carbonyl (C=O) groups is 2. The monoisotopic (exact) mass is 323 g/mol. The maximum atomic E-state index is 12.1. The number of carbonyl (C=O) groups excluding carboxylic acids is 2. The summed E-state index contributed by atoms with van der Waals surface area (Å²) in [5.74, 6) is -2.07. The lowest BCUT2D eigenvalue weighted by molar-refractivity contribution is -0.184. The minimum absolute atomic E-state index is 0.0536. The molecule has 0 atom stereocenters. The van der Waals surface area contributed by atoms with E-state index in [9.17, 15) is 14.7 Å². The minimum atomic E-state index is -2.45. The van der Waals surface area contributed by atoms with Crippen LogP contribution in [0.1, 0.15) is 33.3 Å². The Balaban J connectivity index is 3.22. The van der Waals surface area contributed by atoms with Crippen LogP contribution in [-0.2, 0) is 24.7 Å². The molecule has 1 aromatic carbocycles. The third-order valence-corrected chi connectivity index (χ3v) is 3.56. The number of rotatable bonds is 8. The molecule has 6 nitrogen and oxygen atoms in total. The summed E-state index contributed by atoms with van der Waals surface area (Å²) in [6.45, 7) is 9.04. The van der Waals surface area contributed by atoms with Gasteiger partial charge in [0.2, 0.25) is 0 Å². The van der Waals surface area contributed by atoms with Crippen LogP contribution in [0.5, 0.6) is 0 Å². The van der Waals surface area contributed by atoms with Crippen LogP contribution in [0.25, 0.3) is 0 Å². The van der Waals surface area contributed by atoms with E-state index in [4.69, 9.17) is 9.47 Å². The third-order valence-electron chi connectivity index (χ3n) is 3.56. The van der Waals surface area contributed by atoms with Crippen LogP contribution in [0.4, 0.5) is 5.69 Å². The van der Waals surface area contributed by atoms with Gasteiger partial charge in [0.1, 0.15) is 0 Å². The fraction of sp³-hybridized carbons (Fsp3) is 0.529. The highest BCUT2D eigenvalue weighted by molar-refractivity contribution is 6.04. The molecule has 6 heteroatoms. The number of hydrogen-bond donors (Lipinski definition) is 1. The zero-order valence-electron chi connectivity index (χ0n) is 14.2. The maximum Gasteiger partial charge on any atom is 0.354 e. The molecule has 1 rings (SSSR count). The van der Waals surface area contributed by atoms with Crippen molar-refractivity contribution in [3.05, 3.63) is 29.8 Å². The Labute approximate surface area is 137 Å². The Morgan fingerprint density at radius 3 is 1.74 bits per heavy atom. The van der Waals surface area contributed by atoms with Gasteiger partial charge in [0.05, 0.1) is 13.2 Å². The predicted octanol–water partition coefficient (Wildman–Crippen LogP) is 1.85. The van der Waals surface area contributed by atoms with Gasteiger partial charge in [-0.15, -0.1) is 0 Å². The Kier molecular flexibility index (Phi) is 7.03. The second kappa shape index (κ2) is 8.53. The SMILES string of the molecule is CCOC(=O)C(O)(C(=O)OCC)c1ccc(N(CC)CC)cc1. The molecule has 0 heterocycles. The number of benzene rings is 1. The van der Waals surface area contributed by atoms with Gasteiger partial charge in [0, 0.05) is 24.3 Å². The van der Waals surface area contributed by atoms with Gasteiger partial charge in [-0.3, -0.25) is 0 Å². The largest absolute Gasteiger partial charge is 0.463 e. The van der Waals surface area contributed by atoms with Gasteiger partial charge in [0.15, 0.2) is 0 Å². The number of esters is 2. The standard InChI is InChI=1S/C17H25NO5/c1-5-18(6-2)14-11-9-13(10-12-14)17(21,15(19)22-7-3)16(20)23-8-4/h9-12,21H,5-8H2,1-4H3. The molecular weight excluding hydrogens is 298 g/mol. The van der Waals surface area contributed by atoms with E-state index in [1.807, 2.05) is 13.8 Å². The van der Waals surface area contributed by atoms with Gasteiger partial charge in [-0.25, -0.2) is 9.59 Å². The lowest BCUT2D eigenvalue weighted by atomic mass is 9.93. The molecule has 0 fully saturated rings. The molecule has 1 aromatic rings. The molecule has 0 aromatic heterocycles. The van der Waals surface area contributed by atoms with Crippen LogP contribution in [0.15, 0.2) is 24.3 Å². The summed E-state index contributed by atoms with van der Waals surface area (Å²) in [7, 11) is 0. The van der Waals surface area contributed by atoms with E-state index in [-0.39, 0.29) is 18.8 Å². The van der Waals surface area contributed by atoms with Crippen molar-refractivity contribution in [2.24, 2.45) is 0 Å². The topological polar surface area (TPSA) is 76.1 Å². The minimum Gasteiger partial charge on any atom is -0.463 e. The molecule has 0 amide bonds. The van der Waals surface area contributed by atoms with Crippen molar-refractivity contribution in [3.63, 3.8) is 0 Å². The number of aliphatic hydroxyl groups is 1. The normalized spacial score (nSPS) is 11.0. The molecule has 0 radical (unpaired) electrons.